The Balaban J connectivity index is 2.53. The number of amides is 1. The van der Waals surface area contributed by atoms with Crippen LogP contribution in [0.25, 0.3) is 6.08 Å². The molecule has 7 heteroatoms. The predicted octanol–water partition coefficient (Wildman–Crippen LogP) is 2.11. The number of rotatable bonds is 8. The molecule has 0 aliphatic rings. The highest BCUT2D eigenvalue weighted by Crippen LogP contribution is 2.27. The molecule has 0 aromatic heterocycles. The Morgan fingerprint density at radius 1 is 1.36 bits per heavy atom. The number of alkyl halides is 3. The van der Waals surface area contributed by atoms with Crippen LogP contribution in [0.5, 0.6) is 0 Å². The van der Waals surface area contributed by atoms with Gasteiger partial charge in [0.1, 0.15) is 0 Å². The molecule has 122 valence electrons. The van der Waals surface area contributed by atoms with Crippen molar-refractivity contribution in [2.24, 2.45) is 0 Å². The molecular formula is C15H20Cl3N2O2+. The first-order chi connectivity index (χ1) is 10.4. The molecule has 0 heterocycles. The van der Waals surface area contributed by atoms with Crippen molar-refractivity contribution < 1.29 is 14.8 Å². The average molecular weight is 367 g/mol. The summed E-state index contributed by atoms with van der Waals surface area (Å²) in [5.74, 6) is -0.317. The van der Waals surface area contributed by atoms with Gasteiger partial charge in [0.2, 0.25) is 12.1 Å². The fraction of sp³-hybridized carbons (Fsp3) is 0.400. The normalized spacial score (nSPS) is 13.3. The first-order valence-electron chi connectivity index (χ1n) is 6.86. The van der Waals surface area contributed by atoms with E-state index < -0.39 is 9.96 Å². The fourth-order valence-electron chi connectivity index (χ4n) is 1.72. The first-order valence-corrected chi connectivity index (χ1v) is 7.99. The molecule has 0 unspecified atom stereocenters. The molecule has 0 aliphatic heterocycles. The van der Waals surface area contributed by atoms with Crippen molar-refractivity contribution in [3.63, 3.8) is 0 Å². The number of nitrogens with two attached hydrogens (primary N) is 1. The largest absolute Gasteiger partial charge is 0.384 e. The predicted molar refractivity (Wildman–Crippen MR) is 91.0 cm³/mol. The number of nitrogens with one attached hydrogen (secondary N) is 1. The van der Waals surface area contributed by atoms with Crippen molar-refractivity contribution in [2.45, 2.75) is 16.4 Å². The van der Waals surface area contributed by atoms with Gasteiger partial charge in [-0.15, -0.1) is 0 Å². The van der Waals surface area contributed by atoms with E-state index in [-0.39, 0.29) is 5.91 Å². The van der Waals surface area contributed by atoms with Crippen LogP contribution in [0.1, 0.15) is 12.0 Å². The third-order valence-corrected chi connectivity index (χ3v) is 3.54. The number of benzene rings is 1. The molecule has 1 aromatic rings. The molecule has 1 rings (SSSR count). The topological polar surface area (TPSA) is 54.9 Å². The Kier molecular flexibility index (Phi) is 8.83. The van der Waals surface area contributed by atoms with E-state index in [2.05, 4.69) is 5.32 Å². The van der Waals surface area contributed by atoms with Crippen LogP contribution in [-0.2, 0) is 9.53 Å². The molecule has 1 aromatic carbocycles. The SMILES string of the molecule is COCCC[NH2+][C@H](NC(=O)/C=C/c1ccccc1)C(Cl)(Cl)Cl. The summed E-state index contributed by atoms with van der Waals surface area (Å²) in [6.45, 7) is 1.29. The Hall–Kier alpha value is -0.780. The molecule has 1 amide bonds. The van der Waals surface area contributed by atoms with Gasteiger partial charge in [0.25, 0.3) is 3.79 Å². The van der Waals surface area contributed by atoms with E-state index in [1.807, 2.05) is 30.3 Å². The van der Waals surface area contributed by atoms with Gasteiger partial charge in [0.05, 0.1) is 13.2 Å². The molecule has 4 nitrogen and oxygen atoms in total. The highest BCUT2D eigenvalue weighted by Gasteiger charge is 2.36. The Bertz CT molecular complexity index is 475. The second-order valence-electron chi connectivity index (χ2n) is 4.64. The number of carbonyl (C=O) groups excluding carboxylic acids is 1. The molecule has 0 saturated heterocycles. The summed E-state index contributed by atoms with van der Waals surface area (Å²) < 4.78 is 3.37. The fourth-order valence-corrected chi connectivity index (χ4v) is 2.15. The van der Waals surface area contributed by atoms with Crippen LogP contribution in [0.3, 0.4) is 0 Å². The zero-order chi connectivity index (χ0) is 16.4. The molecule has 0 aliphatic carbocycles. The Morgan fingerprint density at radius 2 is 2.05 bits per heavy atom. The lowest BCUT2D eigenvalue weighted by Crippen LogP contribution is -2.96. The third kappa shape index (κ3) is 8.01. The molecule has 0 spiro atoms. The van der Waals surface area contributed by atoms with Crippen LogP contribution >= 0.6 is 34.8 Å². The lowest BCUT2D eigenvalue weighted by molar-refractivity contribution is -0.692. The summed E-state index contributed by atoms with van der Waals surface area (Å²) in [4.78, 5) is 11.9. The molecule has 0 saturated carbocycles. The van der Waals surface area contributed by atoms with Crippen molar-refractivity contribution in [2.75, 3.05) is 20.3 Å². The molecular weight excluding hydrogens is 347 g/mol. The highest BCUT2D eigenvalue weighted by atomic mass is 35.6. The summed E-state index contributed by atoms with van der Waals surface area (Å²) in [6.07, 6.45) is 3.25. The summed E-state index contributed by atoms with van der Waals surface area (Å²) in [7, 11) is 1.63. The van der Waals surface area contributed by atoms with E-state index in [0.717, 1.165) is 12.0 Å². The molecule has 0 fully saturated rings. The van der Waals surface area contributed by atoms with Crippen LogP contribution in [-0.4, -0.2) is 36.1 Å². The van der Waals surface area contributed by atoms with Crippen LogP contribution in [0.4, 0.5) is 0 Å². The molecule has 1 atom stereocenters. The van der Waals surface area contributed by atoms with Crippen molar-refractivity contribution in [3.8, 4) is 0 Å². The molecule has 22 heavy (non-hydrogen) atoms. The third-order valence-electron chi connectivity index (χ3n) is 2.83. The Morgan fingerprint density at radius 3 is 2.64 bits per heavy atom. The summed E-state index contributed by atoms with van der Waals surface area (Å²) in [6, 6.07) is 9.49. The van der Waals surface area contributed by atoms with Gasteiger partial charge in [0.15, 0.2) is 0 Å². The van der Waals surface area contributed by atoms with Gasteiger partial charge in [0, 0.05) is 19.6 Å². The summed E-state index contributed by atoms with van der Waals surface area (Å²) in [5, 5.41) is 4.46. The van der Waals surface area contributed by atoms with Crippen LogP contribution in [0.15, 0.2) is 36.4 Å². The number of hydrogen-bond donors (Lipinski definition) is 2. The van der Waals surface area contributed by atoms with Gasteiger partial charge in [-0.05, 0) is 11.6 Å². The maximum absolute atomic E-state index is 11.9. The standard InChI is InChI=1S/C15H19Cl3N2O2/c1-22-11-5-10-19-14(15(16,17)18)20-13(21)9-8-12-6-3-2-4-7-12/h2-4,6-9,14,19H,5,10-11H2,1H3,(H,20,21)/p+1/b9-8+/t14-/m1/s1. The molecule has 0 radical (unpaired) electrons. The number of quaternary nitrogens is 1. The number of ether oxygens (including phenoxy) is 1. The number of carbonyl (C=O) groups is 1. The van der Waals surface area contributed by atoms with Gasteiger partial charge in [-0.2, -0.15) is 0 Å². The van der Waals surface area contributed by atoms with Gasteiger partial charge >= 0.3 is 0 Å². The van der Waals surface area contributed by atoms with Crippen LogP contribution in [0, 0.1) is 0 Å². The van der Waals surface area contributed by atoms with Gasteiger partial charge in [-0.25, -0.2) is 0 Å². The van der Waals surface area contributed by atoms with Crippen LogP contribution in [0.2, 0.25) is 0 Å². The van der Waals surface area contributed by atoms with Gasteiger partial charge < -0.3 is 10.1 Å². The van der Waals surface area contributed by atoms with E-state index >= 15 is 0 Å². The lowest BCUT2D eigenvalue weighted by Gasteiger charge is -2.22. The summed E-state index contributed by atoms with van der Waals surface area (Å²) >= 11 is 17.7. The minimum absolute atomic E-state index is 0.317. The van der Waals surface area contributed by atoms with Gasteiger partial charge in [-0.3, -0.25) is 10.1 Å². The molecule has 3 N–H and O–H groups in total. The smallest absolute Gasteiger partial charge is 0.262 e. The minimum Gasteiger partial charge on any atom is -0.384 e. The maximum atomic E-state index is 11.9. The minimum atomic E-state index is -1.59. The highest BCUT2D eigenvalue weighted by molar-refractivity contribution is 6.68. The number of methoxy groups -OCH3 is 1. The molecule has 0 bridgehead atoms. The van der Waals surface area contributed by atoms with Gasteiger partial charge in [-0.1, -0.05) is 65.1 Å². The second-order valence-corrected chi connectivity index (χ2v) is 7.01. The first kappa shape index (κ1) is 19.3. The van der Waals surface area contributed by atoms with Crippen molar-refractivity contribution in [1.82, 2.24) is 5.32 Å². The monoisotopic (exact) mass is 365 g/mol. The van der Waals surface area contributed by atoms with E-state index in [1.54, 1.807) is 18.5 Å². The lowest BCUT2D eigenvalue weighted by atomic mass is 10.2. The van der Waals surface area contributed by atoms with Crippen molar-refractivity contribution in [1.29, 1.82) is 0 Å². The average Bonchev–Trinajstić information content (AvgIpc) is 2.48. The van der Waals surface area contributed by atoms with Crippen molar-refractivity contribution >= 4 is 46.8 Å². The second kappa shape index (κ2) is 10.1. The number of hydrogen-bond acceptors (Lipinski definition) is 2. The van der Waals surface area contributed by atoms with Crippen molar-refractivity contribution in [3.05, 3.63) is 42.0 Å². The maximum Gasteiger partial charge on any atom is 0.262 e. The summed E-state index contributed by atoms with van der Waals surface area (Å²) in [5.41, 5.74) is 0.923. The van der Waals surface area contributed by atoms with E-state index in [4.69, 9.17) is 39.5 Å². The zero-order valence-corrected chi connectivity index (χ0v) is 14.5. The van der Waals surface area contributed by atoms with Crippen LogP contribution < -0.4 is 10.6 Å². The number of halogens is 3. The van der Waals surface area contributed by atoms with E-state index in [1.165, 1.54) is 6.08 Å². The Labute approximate surface area is 145 Å². The van der Waals surface area contributed by atoms with E-state index in [9.17, 15) is 4.79 Å². The van der Waals surface area contributed by atoms with E-state index in [0.29, 0.717) is 13.2 Å². The zero-order valence-electron chi connectivity index (χ0n) is 12.3. The quantitative estimate of drug-likeness (QED) is 0.320.